The third-order valence-corrected chi connectivity index (χ3v) is 6.38. The SMILES string of the molecule is [2H]C[C@H]1O[C@@H](n2ccc(=O)[nH]c2=O)[C@@H](F)C1OP(OCC[N+]#[C-])N(C(C)C)C(C)C. The Hall–Kier alpha value is -1.63. The number of hydrogen-bond donors (Lipinski definition) is 1. The number of nitrogens with zero attached hydrogens (tertiary/aromatic N) is 3. The van der Waals surface area contributed by atoms with E-state index in [1.165, 1.54) is 0 Å². The predicted molar refractivity (Wildman–Crippen MR) is 107 cm³/mol. The highest BCUT2D eigenvalue weighted by Crippen LogP contribution is 2.50. The molecule has 162 valence electrons. The Balaban J connectivity index is 2.29. The summed E-state index contributed by atoms with van der Waals surface area (Å²) in [6.45, 7) is 14.8. The first-order valence-electron chi connectivity index (χ1n) is 10.0. The van der Waals surface area contributed by atoms with Crippen LogP contribution in [0.1, 0.15) is 42.2 Å². The van der Waals surface area contributed by atoms with Crippen molar-refractivity contribution in [1.82, 2.24) is 14.2 Å². The first-order chi connectivity index (χ1) is 14.2. The van der Waals surface area contributed by atoms with Crippen LogP contribution in [0.4, 0.5) is 4.39 Å². The molecule has 2 rings (SSSR count). The quantitative estimate of drug-likeness (QED) is 0.367. The minimum atomic E-state index is -1.76. The number of halogens is 1. The van der Waals surface area contributed by atoms with Crippen molar-refractivity contribution in [3.63, 3.8) is 0 Å². The summed E-state index contributed by atoms with van der Waals surface area (Å²) in [5.41, 5.74) is -1.41. The topological polar surface area (TPSA) is 90.2 Å². The summed E-state index contributed by atoms with van der Waals surface area (Å²) in [6.07, 6.45) is -4.02. The summed E-state index contributed by atoms with van der Waals surface area (Å²) in [7, 11) is -1.74. The number of ether oxygens (including phenoxy) is 1. The number of nitrogens with one attached hydrogen (secondary N) is 1. The predicted octanol–water partition coefficient (Wildman–Crippen LogP) is 2.46. The smallest absolute Gasteiger partial charge is 0.330 e. The molecule has 11 heteroatoms. The van der Waals surface area contributed by atoms with E-state index in [2.05, 4.69) is 9.83 Å². The number of H-pyrrole nitrogens is 1. The average molecular weight is 431 g/mol. The number of rotatable bonds is 9. The summed E-state index contributed by atoms with van der Waals surface area (Å²) in [5.74, 6) is 0. The van der Waals surface area contributed by atoms with Crippen molar-refractivity contribution >= 4 is 8.53 Å². The van der Waals surface area contributed by atoms with Crippen LogP contribution in [-0.4, -0.2) is 57.8 Å². The maximum atomic E-state index is 15.4. The monoisotopic (exact) mass is 431 g/mol. The molecular formula is C18H28FN4O5P. The van der Waals surface area contributed by atoms with Crippen molar-refractivity contribution in [2.75, 3.05) is 13.2 Å². The van der Waals surface area contributed by atoms with Gasteiger partial charge in [-0.3, -0.25) is 14.3 Å². The lowest BCUT2D eigenvalue weighted by Crippen LogP contribution is -2.38. The molecule has 0 aromatic carbocycles. The van der Waals surface area contributed by atoms with Crippen molar-refractivity contribution in [3.05, 3.63) is 44.5 Å². The van der Waals surface area contributed by atoms with Crippen molar-refractivity contribution in [1.29, 1.82) is 0 Å². The summed E-state index contributed by atoms with van der Waals surface area (Å²) in [4.78, 5) is 28.7. The molecule has 2 unspecified atom stereocenters. The zero-order chi connectivity index (χ0) is 22.4. The van der Waals surface area contributed by atoms with Crippen LogP contribution in [0.3, 0.4) is 0 Å². The lowest BCUT2D eigenvalue weighted by Gasteiger charge is -2.37. The summed E-state index contributed by atoms with van der Waals surface area (Å²) < 4.78 is 43.5. The number of alkyl halides is 1. The molecule has 29 heavy (non-hydrogen) atoms. The molecule has 1 N–H and O–H groups in total. The first-order valence-corrected chi connectivity index (χ1v) is 10.5. The summed E-state index contributed by atoms with van der Waals surface area (Å²) >= 11 is 0. The van der Waals surface area contributed by atoms with E-state index in [9.17, 15) is 9.59 Å². The second kappa shape index (κ2) is 10.4. The highest BCUT2D eigenvalue weighted by molar-refractivity contribution is 7.44. The van der Waals surface area contributed by atoms with Crippen molar-refractivity contribution < 1.29 is 19.5 Å². The molecule has 0 amide bonds. The van der Waals surface area contributed by atoms with Crippen molar-refractivity contribution in [3.8, 4) is 0 Å². The van der Waals surface area contributed by atoms with E-state index in [1.54, 1.807) is 0 Å². The highest BCUT2D eigenvalue weighted by Gasteiger charge is 2.47. The Bertz CT molecular complexity index is 837. The Morgan fingerprint density at radius 2 is 2.14 bits per heavy atom. The van der Waals surface area contributed by atoms with E-state index < -0.39 is 44.4 Å². The fourth-order valence-corrected chi connectivity index (χ4v) is 4.82. The standard InChI is InChI=1S/C18H28FN4O5P/c1-11(2)23(12(3)4)29(26-10-8-20-6)28-16-13(5)27-17(15(16)19)22-9-7-14(24)21-18(22)25/h7,9,11-13,15-17H,8,10H2,1-5H3,(H,21,24,25)/t13-,15+,16?,17-,29?/m1/s1/i5D. The Morgan fingerprint density at radius 1 is 1.45 bits per heavy atom. The molecule has 9 nitrogen and oxygen atoms in total. The lowest BCUT2D eigenvalue weighted by atomic mass is 10.2. The van der Waals surface area contributed by atoms with Crippen LogP contribution in [0.5, 0.6) is 0 Å². The van der Waals surface area contributed by atoms with Gasteiger partial charge >= 0.3 is 5.69 Å². The molecule has 1 aromatic rings. The zero-order valence-corrected chi connectivity index (χ0v) is 17.8. The fourth-order valence-electron chi connectivity index (χ4n) is 3.07. The lowest BCUT2D eigenvalue weighted by molar-refractivity contribution is -0.0180. The summed E-state index contributed by atoms with van der Waals surface area (Å²) in [6, 6.07) is 1.15. The molecule has 1 saturated heterocycles. The molecule has 1 fully saturated rings. The van der Waals surface area contributed by atoms with Gasteiger partial charge in [0.2, 0.25) is 6.54 Å². The van der Waals surface area contributed by atoms with E-state index in [4.69, 9.17) is 21.7 Å². The van der Waals surface area contributed by atoms with Gasteiger partial charge in [0.1, 0.15) is 12.7 Å². The van der Waals surface area contributed by atoms with Gasteiger partial charge in [-0.05, 0) is 34.6 Å². The van der Waals surface area contributed by atoms with Crippen LogP contribution in [0, 0.1) is 6.57 Å². The second-order valence-electron chi connectivity index (χ2n) is 7.12. The number of hydrogen-bond acceptors (Lipinski definition) is 6. The van der Waals surface area contributed by atoms with E-state index >= 15 is 4.39 Å². The molecule has 0 radical (unpaired) electrons. The molecule has 1 aliphatic rings. The van der Waals surface area contributed by atoms with E-state index in [1.807, 2.05) is 32.4 Å². The molecule has 0 spiro atoms. The van der Waals surface area contributed by atoms with Gasteiger partial charge in [0.05, 0.1) is 6.10 Å². The minimum Gasteiger partial charge on any atom is -0.349 e. The van der Waals surface area contributed by atoms with Crippen LogP contribution in [0.2, 0.25) is 0 Å². The van der Waals surface area contributed by atoms with Crippen LogP contribution in [-0.2, 0) is 13.8 Å². The molecule has 2 heterocycles. The van der Waals surface area contributed by atoms with E-state index in [0.29, 0.717) is 0 Å². The number of aromatic amines is 1. The van der Waals surface area contributed by atoms with Gasteiger partial charge in [0.25, 0.3) is 14.1 Å². The van der Waals surface area contributed by atoms with Gasteiger partial charge in [-0.2, -0.15) is 0 Å². The Morgan fingerprint density at radius 3 is 2.69 bits per heavy atom. The van der Waals surface area contributed by atoms with Gasteiger partial charge in [0.15, 0.2) is 12.4 Å². The maximum absolute atomic E-state index is 15.4. The van der Waals surface area contributed by atoms with Crippen molar-refractivity contribution in [2.24, 2.45) is 0 Å². The maximum Gasteiger partial charge on any atom is 0.330 e. The van der Waals surface area contributed by atoms with E-state index in [0.717, 1.165) is 16.8 Å². The zero-order valence-electron chi connectivity index (χ0n) is 17.9. The average Bonchev–Trinajstić information content (AvgIpc) is 2.97. The molecule has 0 bridgehead atoms. The Labute approximate surface area is 172 Å². The van der Waals surface area contributed by atoms with Gasteiger partial charge in [0, 0.05) is 25.7 Å². The molecule has 5 atom stereocenters. The van der Waals surface area contributed by atoms with Gasteiger partial charge in [-0.15, -0.1) is 0 Å². The van der Waals surface area contributed by atoms with Crippen LogP contribution >= 0.6 is 8.53 Å². The van der Waals surface area contributed by atoms with Crippen molar-refractivity contribution in [2.45, 2.75) is 71.3 Å². The van der Waals surface area contributed by atoms with E-state index in [-0.39, 0.29) is 32.1 Å². The molecular weight excluding hydrogens is 402 g/mol. The fraction of sp³-hybridized carbons (Fsp3) is 0.722. The van der Waals surface area contributed by atoms with Gasteiger partial charge in [-0.1, -0.05) is 0 Å². The molecule has 0 saturated carbocycles. The highest BCUT2D eigenvalue weighted by atomic mass is 31.2. The molecule has 1 aliphatic heterocycles. The van der Waals surface area contributed by atoms with Crippen LogP contribution in [0.25, 0.3) is 4.85 Å². The first kappa shape index (κ1) is 22.1. The van der Waals surface area contributed by atoms with Crippen LogP contribution < -0.4 is 11.2 Å². The Kier molecular flexibility index (Phi) is 7.92. The van der Waals surface area contributed by atoms with Gasteiger partial charge < -0.3 is 18.6 Å². The second-order valence-corrected chi connectivity index (χ2v) is 8.52. The van der Waals surface area contributed by atoms with Crippen LogP contribution in [0.15, 0.2) is 21.9 Å². The normalized spacial score (nSPS) is 26.1. The number of aromatic nitrogens is 2. The molecule has 1 aromatic heterocycles. The third kappa shape index (κ3) is 5.71. The molecule has 0 aliphatic carbocycles. The minimum absolute atomic E-state index is 0.0245. The largest absolute Gasteiger partial charge is 0.349 e. The summed E-state index contributed by atoms with van der Waals surface area (Å²) in [5, 5.41) is 0. The third-order valence-electron chi connectivity index (χ3n) is 4.26. The van der Waals surface area contributed by atoms with Gasteiger partial charge in [-0.25, -0.2) is 20.4 Å².